The van der Waals surface area contributed by atoms with Gasteiger partial charge in [-0.25, -0.2) is 9.18 Å². The highest BCUT2D eigenvalue weighted by Gasteiger charge is 2.07. The molecule has 0 spiro atoms. The number of nitrogens with two attached hydrogens (primary N) is 1. The maximum atomic E-state index is 13.4. The molecule has 0 atom stereocenters. The number of halogens is 1. The van der Waals surface area contributed by atoms with Crippen LogP contribution in [0.1, 0.15) is 18.1 Å². The lowest BCUT2D eigenvalue weighted by Gasteiger charge is -2.03. The summed E-state index contributed by atoms with van der Waals surface area (Å²) in [4.78, 5) is 11.2. The summed E-state index contributed by atoms with van der Waals surface area (Å²) in [6.07, 6.45) is 1.27. The topological polar surface area (TPSA) is 52.3 Å². The van der Waals surface area contributed by atoms with Gasteiger partial charge >= 0.3 is 5.97 Å². The first-order valence-electron chi connectivity index (χ1n) is 4.95. The second kappa shape index (κ2) is 5.30. The minimum absolute atomic E-state index is 0.107. The van der Waals surface area contributed by atoms with Crippen LogP contribution >= 0.6 is 0 Å². The summed E-state index contributed by atoms with van der Waals surface area (Å²) in [5.41, 5.74) is 6.44. The number of benzene rings is 1. The minimum atomic E-state index is -0.637. The van der Waals surface area contributed by atoms with E-state index >= 15 is 0 Å². The molecule has 0 bridgehead atoms. The Kier molecular flexibility index (Phi) is 4.05. The Morgan fingerprint density at radius 1 is 1.56 bits per heavy atom. The van der Waals surface area contributed by atoms with Gasteiger partial charge in [0.25, 0.3) is 0 Å². The summed E-state index contributed by atoms with van der Waals surface area (Å²) < 4.78 is 18.1. The molecule has 3 nitrogen and oxygen atoms in total. The van der Waals surface area contributed by atoms with Crippen LogP contribution in [0.25, 0.3) is 6.08 Å². The van der Waals surface area contributed by atoms with E-state index in [1.807, 2.05) is 0 Å². The quantitative estimate of drug-likeness (QED) is 0.629. The van der Waals surface area contributed by atoms with E-state index in [1.165, 1.54) is 12.1 Å². The van der Waals surface area contributed by atoms with Crippen LogP contribution < -0.4 is 5.73 Å². The van der Waals surface area contributed by atoms with Gasteiger partial charge in [-0.3, -0.25) is 0 Å². The minimum Gasteiger partial charge on any atom is -0.461 e. The summed E-state index contributed by atoms with van der Waals surface area (Å²) in [5, 5.41) is 0. The predicted molar refractivity (Wildman–Crippen MR) is 59.9 cm³/mol. The molecule has 0 saturated carbocycles. The Balaban J connectivity index is 2.94. The lowest BCUT2D eigenvalue weighted by Crippen LogP contribution is -2.14. The molecule has 1 rings (SSSR count). The second-order valence-corrected chi connectivity index (χ2v) is 3.35. The fourth-order valence-electron chi connectivity index (χ4n) is 1.19. The number of hydrogen-bond donors (Lipinski definition) is 1. The lowest BCUT2D eigenvalue weighted by molar-refractivity contribution is -0.138. The van der Waals surface area contributed by atoms with Crippen LogP contribution in [0.4, 0.5) is 4.39 Å². The van der Waals surface area contributed by atoms with Crippen LogP contribution in [0.2, 0.25) is 0 Å². The van der Waals surface area contributed by atoms with Crippen molar-refractivity contribution < 1.29 is 13.9 Å². The van der Waals surface area contributed by atoms with Gasteiger partial charge in [0.1, 0.15) is 11.5 Å². The zero-order valence-corrected chi connectivity index (χ0v) is 9.29. The Hall–Kier alpha value is -1.84. The largest absolute Gasteiger partial charge is 0.461 e. The third-order valence-electron chi connectivity index (χ3n) is 1.98. The summed E-state index contributed by atoms with van der Waals surface area (Å²) in [5.74, 6) is -1.05. The zero-order chi connectivity index (χ0) is 12.1. The summed E-state index contributed by atoms with van der Waals surface area (Å²) >= 11 is 0. The zero-order valence-electron chi connectivity index (χ0n) is 9.29. The van der Waals surface area contributed by atoms with Gasteiger partial charge in [-0.05, 0) is 31.6 Å². The molecule has 0 saturated heterocycles. The van der Waals surface area contributed by atoms with E-state index in [0.717, 1.165) is 5.56 Å². The third kappa shape index (κ3) is 3.08. The van der Waals surface area contributed by atoms with Crippen LogP contribution in [0.15, 0.2) is 23.9 Å². The fourth-order valence-corrected chi connectivity index (χ4v) is 1.19. The van der Waals surface area contributed by atoms with Crippen LogP contribution in [0, 0.1) is 12.7 Å². The molecule has 1 aromatic rings. The van der Waals surface area contributed by atoms with Crippen LogP contribution in [0.5, 0.6) is 0 Å². The van der Waals surface area contributed by atoms with Gasteiger partial charge in [0.15, 0.2) is 0 Å². The van der Waals surface area contributed by atoms with Crippen molar-refractivity contribution in [2.24, 2.45) is 5.73 Å². The van der Waals surface area contributed by atoms with Crippen molar-refractivity contribution in [1.29, 1.82) is 0 Å². The first-order valence-corrected chi connectivity index (χ1v) is 4.95. The van der Waals surface area contributed by atoms with Crippen molar-refractivity contribution in [3.63, 3.8) is 0 Å². The van der Waals surface area contributed by atoms with Gasteiger partial charge in [0.2, 0.25) is 0 Å². The van der Waals surface area contributed by atoms with E-state index in [9.17, 15) is 9.18 Å². The first-order chi connectivity index (χ1) is 7.54. The van der Waals surface area contributed by atoms with Crippen molar-refractivity contribution in [3.8, 4) is 0 Å². The molecular weight excluding hydrogens is 209 g/mol. The Bertz CT molecular complexity index is 427. The molecule has 1 aromatic carbocycles. The highest BCUT2D eigenvalue weighted by molar-refractivity contribution is 5.92. The molecule has 0 fully saturated rings. The molecule has 0 aliphatic rings. The Morgan fingerprint density at radius 3 is 2.81 bits per heavy atom. The Morgan fingerprint density at radius 2 is 2.25 bits per heavy atom. The highest BCUT2D eigenvalue weighted by Crippen LogP contribution is 2.12. The van der Waals surface area contributed by atoms with E-state index in [-0.39, 0.29) is 17.9 Å². The summed E-state index contributed by atoms with van der Waals surface area (Å²) in [6, 6.07) is 4.69. The lowest BCUT2D eigenvalue weighted by atomic mass is 10.1. The average Bonchev–Trinajstić information content (AvgIpc) is 2.22. The van der Waals surface area contributed by atoms with Gasteiger partial charge in [-0.1, -0.05) is 12.1 Å². The maximum absolute atomic E-state index is 13.4. The Labute approximate surface area is 93.7 Å². The van der Waals surface area contributed by atoms with Gasteiger partial charge < -0.3 is 10.5 Å². The monoisotopic (exact) mass is 223 g/mol. The molecule has 0 heterocycles. The predicted octanol–water partition coefficient (Wildman–Crippen LogP) is 2.00. The smallest absolute Gasteiger partial charge is 0.354 e. The second-order valence-electron chi connectivity index (χ2n) is 3.35. The third-order valence-corrected chi connectivity index (χ3v) is 1.98. The molecule has 0 aliphatic heterocycles. The molecule has 0 radical (unpaired) electrons. The van der Waals surface area contributed by atoms with Gasteiger partial charge in [0, 0.05) is 5.56 Å². The van der Waals surface area contributed by atoms with E-state index in [0.29, 0.717) is 0 Å². The van der Waals surface area contributed by atoms with Crippen LogP contribution in [0.3, 0.4) is 0 Å². The van der Waals surface area contributed by atoms with Gasteiger partial charge in [-0.2, -0.15) is 0 Å². The average molecular weight is 223 g/mol. The maximum Gasteiger partial charge on any atom is 0.354 e. The highest BCUT2D eigenvalue weighted by atomic mass is 19.1. The van der Waals surface area contributed by atoms with Crippen LogP contribution in [-0.4, -0.2) is 12.6 Å². The molecular formula is C12H14FNO2. The molecule has 4 heteroatoms. The number of carbonyl (C=O) groups excluding carboxylic acids is 1. The fraction of sp³-hybridized carbons (Fsp3) is 0.250. The van der Waals surface area contributed by atoms with Crippen molar-refractivity contribution in [3.05, 3.63) is 40.8 Å². The van der Waals surface area contributed by atoms with E-state index in [2.05, 4.69) is 4.74 Å². The van der Waals surface area contributed by atoms with Gasteiger partial charge in [-0.15, -0.1) is 0 Å². The molecule has 16 heavy (non-hydrogen) atoms. The number of rotatable bonds is 3. The van der Waals surface area contributed by atoms with E-state index < -0.39 is 11.8 Å². The normalized spacial score (nSPS) is 11.3. The first kappa shape index (κ1) is 12.2. The number of carbonyl (C=O) groups is 1. The summed E-state index contributed by atoms with van der Waals surface area (Å²) in [7, 11) is 0. The number of ether oxygens (including phenoxy) is 1. The molecule has 0 amide bonds. The number of hydrogen-bond acceptors (Lipinski definition) is 3. The van der Waals surface area contributed by atoms with Crippen molar-refractivity contribution >= 4 is 12.0 Å². The summed E-state index contributed by atoms with van der Waals surface area (Å²) in [6.45, 7) is 3.70. The molecule has 0 unspecified atom stereocenters. The van der Waals surface area contributed by atoms with E-state index in [4.69, 9.17) is 5.73 Å². The van der Waals surface area contributed by atoms with Crippen LogP contribution in [-0.2, 0) is 9.53 Å². The van der Waals surface area contributed by atoms with E-state index in [1.54, 1.807) is 26.0 Å². The van der Waals surface area contributed by atoms with Crippen molar-refractivity contribution in [2.75, 3.05) is 6.61 Å². The molecule has 0 aliphatic carbocycles. The molecule has 0 aromatic heterocycles. The van der Waals surface area contributed by atoms with Gasteiger partial charge in [0.05, 0.1) is 6.61 Å². The van der Waals surface area contributed by atoms with Crippen molar-refractivity contribution in [1.82, 2.24) is 0 Å². The number of esters is 1. The molecule has 2 N–H and O–H groups in total. The molecule has 86 valence electrons. The number of aryl methyl sites for hydroxylation is 1. The standard InChI is InChI=1S/C12H14FNO2/c1-3-16-12(15)11(14)7-9-5-4-8(2)6-10(9)13/h4-7H,3,14H2,1-2H3/b11-7-. The van der Waals surface area contributed by atoms with Crippen molar-refractivity contribution in [2.45, 2.75) is 13.8 Å². The SMILES string of the molecule is CCOC(=O)/C(N)=C/c1ccc(C)cc1F.